The first kappa shape index (κ1) is 20.8. The van der Waals surface area contributed by atoms with Crippen LogP contribution in [0.3, 0.4) is 0 Å². The van der Waals surface area contributed by atoms with Crippen molar-refractivity contribution in [2.45, 2.75) is 101 Å². The van der Waals surface area contributed by atoms with Gasteiger partial charge < -0.3 is 19.9 Å². The Morgan fingerprint density at radius 1 is 1.30 bits per heavy atom. The van der Waals surface area contributed by atoms with Crippen molar-refractivity contribution in [2.75, 3.05) is 6.54 Å². The molecule has 3 saturated heterocycles. The number of hydrogen-bond acceptors (Lipinski definition) is 6. The molecule has 3 heterocycles. The number of carbonyl (C=O) groups excluding carboxylic acids is 2. The summed E-state index contributed by atoms with van der Waals surface area (Å²) in [4.78, 5) is 24.3. The molecule has 27 heavy (non-hydrogen) atoms. The normalized spacial score (nSPS) is 34.2. The lowest BCUT2D eigenvalue weighted by Gasteiger charge is -2.55. The SMILES string of the molecule is CC(C)(C)OC(=O)NCC(S)CCC1N[B-]2(OC1=O)C1CCCC2CCC1. The third-order valence-corrected chi connectivity index (χ3v) is 6.87. The highest BCUT2D eigenvalue weighted by molar-refractivity contribution is 7.81. The van der Waals surface area contributed by atoms with Crippen molar-refractivity contribution in [3.8, 4) is 0 Å². The van der Waals surface area contributed by atoms with Gasteiger partial charge in [0, 0.05) is 11.8 Å². The molecule has 154 valence electrons. The minimum Gasteiger partial charge on any atom is -0.673 e. The van der Waals surface area contributed by atoms with Gasteiger partial charge in [-0.05, 0) is 33.6 Å². The topological polar surface area (TPSA) is 76.7 Å². The van der Waals surface area contributed by atoms with Gasteiger partial charge in [-0.25, -0.2) is 4.79 Å². The summed E-state index contributed by atoms with van der Waals surface area (Å²) in [6.45, 7) is 4.73. The van der Waals surface area contributed by atoms with Crippen LogP contribution in [-0.2, 0) is 14.2 Å². The standard InChI is InChI=1S/C19H34BN2O4S/c1-19(2,3)25-18(24)21-12-15(27)10-11-16-17(23)26-20(22-16)13-6-4-7-14(20)9-5-8-13/h13-16,22,27H,4-12H2,1-3H3,(H,21,24)/q-1. The lowest BCUT2D eigenvalue weighted by Crippen LogP contribution is -2.60. The second-order valence-corrected chi connectivity index (χ2v) is 10.3. The van der Waals surface area contributed by atoms with Gasteiger partial charge in [0.05, 0.1) is 6.04 Å². The van der Waals surface area contributed by atoms with E-state index < -0.39 is 18.2 Å². The number of nitrogens with one attached hydrogen (secondary N) is 2. The molecule has 6 nitrogen and oxygen atoms in total. The van der Waals surface area contributed by atoms with Gasteiger partial charge in [0.15, 0.2) is 0 Å². The molecule has 3 aliphatic rings. The van der Waals surface area contributed by atoms with E-state index in [1.165, 1.54) is 38.5 Å². The lowest BCUT2D eigenvalue weighted by molar-refractivity contribution is -0.134. The van der Waals surface area contributed by atoms with Crippen molar-refractivity contribution >= 4 is 31.2 Å². The van der Waals surface area contributed by atoms with Crippen LogP contribution < -0.4 is 10.5 Å². The molecule has 2 bridgehead atoms. The van der Waals surface area contributed by atoms with E-state index in [9.17, 15) is 9.59 Å². The molecule has 3 aliphatic heterocycles. The summed E-state index contributed by atoms with van der Waals surface area (Å²) in [5.74, 6) is 0.952. The summed E-state index contributed by atoms with van der Waals surface area (Å²) in [6, 6.07) is -0.234. The summed E-state index contributed by atoms with van der Waals surface area (Å²) >= 11 is 4.56. The molecule has 2 atom stereocenters. The first-order valence-corrected chi connectivity index (χ1v) is 11.0. The van der Waals surface area contributed by atoms with Crippen LogP contribution in [0, 0.1) is 0 Å². The maximum absolute atomic E-state index is 12.5. The van der Waals surface area contributed by atoms with E-state index >= 15 is 0 Å². The number of thiol groups is 1. The number of amides is 1. The Morgan fingerprint density at radius 2 is 1.89 bits per heavy atom. The smallest absolute Gasteiger partial charge is 0.407 e. The highest BCUT2D eigenvalue weighted by atomic mass is 32.1. The Hall–Kier alpha value is -0.885. The number of hydrogen-bond donors (Lipinski definition) is 3. The van der Waals surface area contributed by atoms with Crippen LogP contribution in [-0.4, -0.2) is 42.0 Å². The fourth-order valence-corrected chi connectivity index (χ4v) is 5.52. The summed E-state index contributed by atoms with van der Waals surface area (Å²) in [7, 11) is 0. The highest BCUT2D eigenvalue weighted by Crippen LogP contribution is 2.53. The van der Waals surface area contributed by atoms with Crippen LogP contribution in [0.1, 0.15) is 72.1 Å². The Morgan fingerprint density at radius 3 is 2.44 bits per heavy atom. The van der Waals surface area contributed by atoms with Crippen molar-refractivity contribution in [1.82, 2.24) is 10.5 Å². The predicted molar refractivity (Wildman–Crippen MR) is 110 cm³/mol. The zero-order chi connectivity index (χ0) is 19.7. The molecule has 2 N–H and O–H groups in total. The van der Waals surface area contributed by atoms with Gasteiger partial charge in [0.2, 0.25) is 6.48 Å². The maximum atomic E-state index is 12.5. The summed E-state index contributed by atoms with van der Waals surface area (Å²) in [6.07, 6.45) is 8.22. The molecule has 3 rings (SSSR count). The molecule has 8 heteroatoms. The van der Waals surface area contributed by atoms with Crippen LogP contribution in [0.15, 0.2) is 0 Å². The van der Waals surface area contributed by atoms with Gasteiger partial charge in [-0.2, -0.15) is 12.6 Å². The van der Waals surface area contributed by atoms with E-state index in [1.54, 1.807) is 0 Å². The largest absolute Gasteiger partial charge is 0.673 e. The van der Waals surface area contributed by atoms with E-state index in [-0.39, 0.29) is 17.3 Å². The number of rotatable bonds is 5. The van der Waals surface area contributed by atoms with Gasteiger partial charge in [0.25, 0.3) is 5.97 Å². The predicted octanol–water partition coefficient (Wildman–Crippen LogP) is 3.66. The zero-order valence-electron chi connectivity index (χ0n) is 16.8. The molecule has 3 fully saturated rings. The van der Waals surface area contributed by atoms with Gasteiger partial charge in [0.1, 0.15) is 5.60 Å². The minimum absolute atomic E-state index is 0.0259. The first-order valence-electron chi connectivity index (χ1n) is 10.5. The third-order valence-electron chi connectivity index (χ3n) is 6.43. The average Bonchev–Trinajstić information content (AvgIpc) is 2.85. The average molecular weight is 397 g/mol. The molecule has 0 radical (unpaired) electrons. The van der Waals surface area contributed by atoms with Crippen molar-refractivity contribution < 1.29 is 19.0 Å². The summed E-state index contributed by atoms with van der Waals surface area (Å²) in [5, 5.41) is 6.37. The van der Waals surface area contributed by atoms with Crippen molar-refractivity contribution in [2.24, 2.45) is 0 Å². The van der Waals surface area contributed by atoms with Gasteiger partial charge in [-0.1, -0.05) is 38.5 Å². The lowest BCUT2D eigenvalue weighted by atomic mass is 9.28. The van der Waals surface area contributed by atoms with Crippen LogP contribution in [0.4, 0.5) is 4.79 Å². The third kappa shape index (κ3) is 4.94. The molecule has 2 unspecified atom stereocenters. The molecule has 0 aliphatic carbocycles. The highest BCUT2D eigenvalue weighted by Gasteiger charge is 2.53. The van der Waals surface area contributed by atoms with E-state index in [4.69, 9.17) is 9.39 Å². The number of alkyl carbamates (subject to hydrolysis) is 1. The zero-order valence-corrected chi connectivity index (χ0v) is 17.7. The quantitative estimate of drug-likeness (QED) is 0.488. The first-order chi connectivity index (χ1) is 12.7. The fourth-order valence-electron chi connectivity index (χ4n) is 5.28. The van der Waals surface area contributed by atoms with E-state index in [0.29, 0.717) is 24.6 Å². The monoisotopic (exact) mass is 397 g/mol. The van der Waals surface area contributed by atoms with Gasteiger partial charge in [-0.3, -0.25) is 4.79 Å². The minimum atomic E-state index is -1.19. The maximum Gasteiger partial charge on any atom is 0.407 e. The molecule has 1 spiro atoms. The van der Waals surface area contributed by atoms with Crippen LogP contribution in [0.25, 0.3) is 0 Å². The second-order valence-electron chi connectivity index (χ2n) is 9.57. The summed E-state index contributed by atoms with van der Waals surface area (Å²) in [5.41, 5.74) is -0.512. The van der Waals surface area contributed by atoms with Crippen LogP contribution in [0.2, 0.25) is 11.6 Å². The Labute approximate surface area is 168 Å². The van der Waals surface area contributed by atoms with Gasteiger partial charge >= 0.3 is 6.09 Å². The molecule has 0 aromatic rings. The van der Waals surface area contributed by atoms with Crippen molar-refractivity contribution in [3.63, 3.8) is 0 Å². The second kappa shape index (κ2) is 8.23. The molecule has 1 amide bonds. The van der Waals surface area contributed by atoms with Crippen LogP contribution in [0.5, 0.6) is 0 Å². The molecular formula is C19H34BN2O4S-. The van der Waals surface area contributed by atoms with E-state index in [0.717, 1.165) is 6.42 Å². The Kier molecular flexibility index (Phi) is 6.36. The number of ether oxygens (including phenoxy) is 1. The van der Waals surface area contributed by atoms with Crippen LogP contribution >= 0.6 is 12.6 Å². The Balaban J connectivity index is 1.46. The number of carbonyl (C=O) groups is 2. The van der Waals surface area contributed by atoms with E-state index in [2.05, 4.69) is 23.2 Å². The Bertz CT molecular complexity index is 546. The van der Waals surface area contributed by atoms with Crippen molar-refractivity contribution in [3.05, 3.63) is 0 Å². The van der Waals surface area contributed by atoms with Gasteiger partial charge in [-0.15, -0.1) is 11.6 Å². The summed E-state index contributed by atoms with van der Waals surface area (Å²) < 4.78 is 11.3. The molecular weight excluding hydrogens is 363 g/mol. The molecule has 0 aromatic heterocycles. The van der Waals surface area contributed by atoms with E-state index in [1.807, 2.05) is 20.8 Å². The molecule has 0 saturated carbocycles. The molecule has 0 aromatic carbocycles. The fraction of sp³-hybridized carbons (Fsp3) is 0.895. The van der Waals surface area contributed by atoms with Crippen molar-refractivity contribution in [1.29, 1.82) is 0 Å².